The van der Waals surface area contributed by atoms with Crippen molar-refractivity contribution in [3.8, 4) is 66.8 Å². The van der Waals surface area contributed by atoms with Crippen molar-refractivity contribution in [1.82, 2.24) is 0 Å². The highest BCUT2D eigenvalue weighted by Gasteiger charge is 2.52. The Morgan fingerprint density at radius 1 is 0.261 bits per heavy atom. The molecule has 0 bridgehead atoms. The summed E-state index contributed by atoms with van der Waals surface area (Å²) in [6.45, 7) is 0. The summed E-state index contributed by atoms with van der Waals surface area (Å²) >= 11 is 0. The fourth-order valence-electron chi connectivity index (χ4n) is 12.0. The van der Waals surface area contributed by atoms with Crippen molar-refractivity contribution in [2.45, 2.75) is 5.41 Å². The van der Waals surface area contributed by atoms with Gasteiger partial charge in [-0.15, -0.1) is 0 Å². The van der Waals surface area contributed by atoms with E-state index in [1.807, 2.05) is 0 Å². The van der Waals surface area contributed by atoms with Crippen LogP contribution < -0.4 is 4.90 Å². The Hall–Kier alpha value is -8.98. The first kappa shape index (κ1) is 39.2. The predicted octanol–water partition coefficient (Wildman–Crippen LogP) is 18.1. The highest BCUT2D eigenvalue weighted by Crippen LogP contribution is 2.65. The van der Waals surface area contributed by atoms with Gasteiger partial charge in [0.15, 0.2) is 0 Å². The van der Waals surface area contributed by atoms with Crippen LogP contribution >= 0.6 is 0 Å². The lowest BCUT2D eigenvalue weighted by molar-refractivity contribution is 0.670. The van der Waals surface area contributed by atoms with Crippen LogP contribution in [-0.2, 0) is 5.41 Å². The van der Waals surface area contributed by atoms with Crippen molar-refractivity contribution in [1.29, 1.82) is 0 Å². The number of rotatable bonds is 7. The second-order valence-electron chi connectivity index (χ2n) is 18.2. The van der Waals surface area contributed by atoms with Crippen LogP contribution in [0.2, 0.25) is 0 Å². The Morgan fingerprint density at radius 2 is 0.667 bits per heavy atom. The summed E-state index contributed by atoms with van der Waals surface area (Å²) in [7, 11) is 0. The maximum absolute atomic E-state index is 6.82. The molecule has 0 unspecified atom stereocenters. The molecule has 1 aromatic heterocycles. The minimum Gasteiger partial charge on any atom is -0.455 e. The molecule has 2 nitrogen and oxygen atoms in total. The molecule has 0 amide bonds. The highest BCUT2D eigenvalue weighted by atomic mass is 16.3. The predicted molar refractivity (Wildman–Crippen MR) is 286 cm³/mol. The Kier molecular flexibility index (Phi) is 8.84. The molecule has 14 rings (SSSR count). The van der Waals surface area contributed by atoms with Crippen LogP contribution in [0.1, 0.15) is 22.3 Å². The lowest BCUT2D eigenvalue weighted by Crippen LogP contribution is -2.26. The molecule has 0 N–H and O–H groups in total. The van der Waals surface area contributed by atoms with Crippen molar-refractivity contribution in [3.63, 3.8) is 0 Å². The molecule has 0 saturated heterocycles. The van der Waals surface area contributed by atoms with Gasteiger partial charge in [0.1, 0.15) is 11.2 Å². The minimum absolute atomic E-state index is 0.507. The van der Waals surface area contributed by atoms with E-state index in [1.165, 1.54) is 66.8 Å². The van der Waals surface area contributed by atoms with E-state index < -0.39 is 5.41 Å². The van der Waals surface area contributed by atoms with Crippen molar-refractivity contribution < 1.29 is 4.42 Å². The topological polar surface area (TPSA) is 16.4 Å². The molecule has 322 valence electrons. The largest absolute Gasteiger partial charge is 0.455 e. The fourth-order valence-corrected chi connectivity index (χ4v) is 12.0. The molecule has 2 aliphatic rings. The lowest BCUT2D eigenvalue weighted by atomic mass is 9.70. The summed E-state index contributed by atoms with van der Waals surface area (Å²) in [5, 5.41) is 2.22. The molecular weight excluding hydrogens is 835 g/mol. The average Bonchev–Trinajstić information content (AvgIpc) is 4.06. The van der Waals surface area contributed by atoms with Crippen molar-refractivity contribution >= 4 is 39.0 Å². The third-order valence-electron chi connectivity index (χ3n) is 14.7. The van der Waals surface area contributed by atoms with Crippen molar-refractivity contribution in [2.75, 3.05) is 4.90 Å². The average molecular weight is 878 g/mol. The first-order valence-electron chi connectivity index (χ1n) is 23.8. The molecular formula is C67H43NO. The molecule has 0 fully saturated rings. The van der Waals surface area contributed by atoms with Crippen molar-refractivity contribution in [3.05, 3.63) is 283 Å². The van der Waals surface area contributed by atoms with E-state index in [1.54, 1.807) is 0 Å². The molecule has 69 heavy (non-hydrogen) atoms. The summed E-state index contributed by atoms with van der Waals surface area (Å²) in [5.41, 5.74) is 23.9. The summed E-state index contributed by atoms with van der Waals surface area (Å²) in [6.07, 6.45) is 0. The van der Waals surface area contributed by atoms with Crippen LogP contribution in [0.5, 0.6) is 0 Å². The number of furan rings is 1. The minimum atomic E-state index is -0.507. The zero-order valence-corrected chi connectivity index (χ0v) is 37.7. The fraction of sp³-hybridized carbons (Fsp3) is 0.0149. The standard InChI is InChI=1S/C67H43NO/c1-2-22-44(23-3-1)45-24-4-5-25-46(45)47-26-6-7-27-48(47)51-30-11-17-40-61(51)68(62-41-18-12-31-52(62)54-34-20-35-55-53-32-13-19-43-64(53)69-66(54)55)63-42-21-39-60-65(63)56-33-10-16-38-59(56)67(60)57-36-14-8-28-49(57)50-29-9-15-37-58(50)67/h1-43H. The van der Waals surface area contributed by atoms with E-state index >= 15 is 0 Å². The Bertz CT molecular complexity index is 3940. The number of nitrogens with zero attached hydrogens (tertiary/aromatic N) is 1. The van der Waals surface area contributed by atoms with Gasteiger partial charge >= 0.3 is 0 Å². The van der Waals surface area contributed by atoms with Crippen LogP contribution in [-0.4, -0.2) is 0 Å². The van der Waals surface area contributed by atoms with E-state index in [0.717, 1.165) is 61.3 Å². The van der Waals surface area contributed by atoms with Gasteiger partial charge in [0.2, 0.25) is 0 Å². The van der Waals surface area contributed by atoms with Crippen molar-refractivity contribution in [2.24, 2.45) is 0 Å². The van der Waals surface area contributed by atoms with Crippen LogP contribution in [0.15, 0.2) is 265 Å². The second-order valence-corrected chi connectivity index (χ2v) is 18.2. The molecule has 0 radical (unpaired) electrons. The summed E-state index contributed by atoms with van der Waals surface area (Å²) in [4.78, 5) is 2.55. The third kappa shape index (κ3) is 5.73. The van der Waals surface area contributed by atoms with Gasteiger partial charge < -0.3 is 9.32 Å². The van der Waals surface area contributed by atoms with Gasteiger partial charge in [-0.25, -0.2) is 0 Å². The molecule has 2 aliphatic carbocycles. The number of hydrogen-bond acceptors (Lipinski definition) is 2. The van der Waals surface area contributed by atoms with Gasteiger partial charge in [0.25, 0.3) is 0 Å². The molecule has 2 heteroatoms. The maximum atomic E-state index is 6.82. The number of anilines is 3. The smallest absolute Gasteiger partial charge is 0.143 e. The van der Waals surface area contributed by atoms with Crippen LogP contribution in [0.25, 0.3) is 88.7 Å². The highest BCUT2D eigenvalue weighted by molar-refractivity contribution is 6.12. The zero-order valence-electron chi connectivity index (χ0n) is 37.7. The van der Waals surface area contributed by atoms with Gasteiger partial charge in [-0.2, -0.15) is 0 Å². The van der Waals surface area contributed by atoms with E-state index in [-0.39, 0.29) is 0 Å². The molecule has 0 atom stereocenters. The van der Waals surface area contributed by atoms with E-state index in [2.05, 4.69) is 266 Å². The Labute approximate surface area is 401 Å². The summed E-state index contributed by atoms with van der Waals surface area (Å²) in [5.74, 6) is 0. The van der Waals surface area contributed by atoms with Crippen LogP contribution in [0.3, 0.4) is 0 Å². The normalized spacial score (nSPS) is 12.8. The number of hydrogen-bond donors (Lipinski definition) is 0. The summed E-state index contributed by atoms with van der Waals surface area (Å²) in [6, 6.07) is 95.6. The maximum Gasteiger partial charge on any atom is 0.143 e. The molecule has 11 aromatic carbocycles. The van der Waals surface area contributed by atoms with Gasteiger partial charge in [0.05, 0.1) is 22.5 Å². The van der Waals surface area contributed by atoms with Crippen LogP contribution in [0, 0.1) is 0 Å². The van der Waals surface area contributed by atoms with E-state index in [9.17, 15) is 0 Å². The van der Waals surface area contributed by atoms with Gasteiger partial charge in [-0.3, -0.25) is 0 Å². The zero-order chi connectivity index (χ0) is 45.5. The molecule has 1 heterocycles. The molecule has 12 aromatic rings. The lowest BCUT2D eigenvalue weighted by Gasteiger charge is -2.33. The second kappa shape index (κ2) is 15.6. The third-order valence-corrected chi connectivity index (χ3v) is 14.7. The SMILES string of the molecule is c1ccc(-c2ccccc2-c2ccccc2-c2ccccc2N(c2ccccc2-c2cccc3c2oc2ccccc23)c2cccc3c2-c2ccccc2C32c3ccccc3-c3ccccc32)cc1. The molecule has 1 spiro atoms. The van der Waals surface area contributed by atoms with Gasteiger partial charge in [-0.1, -0.05) is 237 Å². The monoisotopic (exact) mass is 877 g/mol. The molecule has 0 saturated carbocycles. The number of para-hydroxylation sites is 4. The van der Waals surface area contributed by atoms with E-state index in [0.29, 0.717) is 0 Å². The Morgan fingerprint density at radius 3 is 1.33 bits per heavy atom. The first-order valence-corrected chi connectivity index (χ1v) is 23.8. The molecule has 0 aliphatic heterocycles. The number of fused-ring (bicyclic) bond motifs is 13. The van der Waals surface area contributed by atoms with Gasteiger partial charge in [-0.05, 0) is 91.0 Å². The van der Waals surface area contributed by atoms with Gasteiger partial charge in [0, 0.05) is 33.0 Å². The quantitative estimate of drug-likeness (QED) is 0.159. The summed E-state index contributed by atoms with van der Waals surface area (Å²) < 4.78 is 6.82. The first-order chi connectivity index (χ1) is 34.3. The van der Waals surface area contributed by atoms with Crippen LogP contribution in [0.4, 0.5) is 17.1 Å². The van der Waals surface area contributed by atoms with E-state index in [4.69, 9.17) is 4.42 Å². The Balaban J connectivity index is 1.08. The number of benzene rings is 11.